The van der Waals surface area contributed by atoms with Gasteiger partial charge in [-0.1, -0.05) is 0 Å². The van der Waals surface area contributed by atoms with Gasteiger partial charge in [-0.2, -0.15) is 4.98 Å². The number of ether oxygens (including phenoxy) is 1. The molecular formula is C9H10N2O2S2. The summed E-state index contributed by atoms with van der Waals surface area (Å²) in [6.45, 7) is 2.44. The molecule has 0 spiro atoms. The molecule has 0 aliphatic rings. The smallest absolute Gasteiger partial charge is 0.306 e. The number of hydrogen-bond donors (Lipinski definition) is 0. The second-order valence-corrected chi connectivity index (χ2v) is 5.31. The van der Waals surface area contributed by atoms with Crippen molar-refractivity contribution in [1.82, 2.24) is 9.97 Å². The first-order chi connectivity index (χ1) is 7.31. The van der Waals surface area contributed by atoms with Gasteiger partial charge in [0.25, 0.3) is 0 Å². The lowest BCUT2D eigenvalue weighted by atomic mass is 10.5. The maximum atomic E-state index is 11.7. The molecule has 0 aliphatic carbocycles. The predicted molar refractivity (Wildman–Crippen MR) is 60.3 cm³/mol. The molecule has 0 bridgehead atoms. The highest BCUT2D eigenvalue weighted by molar-refractivity contribution is 7.93. The number of hydrogen-bond acceptors (Lipinski definition) is 5. The Morgan fingerprint density at radius 1 is 1.60 bits per heavy atom. The fourth-order valence-corrected chi connectivity index (χ4v) is 3.07. The molecule has 2 aromatic rings. The normalized spacial score (nSPS) is 13.2. The van der Waals surface area contributed by atoms with E-state index in [-0.39, 0.29) is 5.94 Å². The molecule has 0 N–H and O–H groups in total. The Bertz CT molecular complexity index is 413. The van der Waals surface area contributed by atoms with Gasteiger partial charge in [-0.25, -0.2) is 4.98 Å². The standard InChI is InChI=1S/C9H10N2O2S2/c1-2-13-6-15(12)9-11-7-4-3-5-10-8(7)14-9/h3-5H,2,6H2,1H3. The minimum Gasteiger partial charge on any atom is -0.608 e. The molecule has 2 heterocycles. The molecule has 2 rings (SSSR count). The van der Waals surface area contributed by atoms with Crippen LogP contribution in [0.4, 0.5) is 0 Å². The van der Waals surface area contributed by atoms with Crippen LogP contribution >= 0.6 is 11.3 Å². The molecule has 0 amide bonds. The Hall–Kier alpha value is -0.690. The molecule has 1 atom stereocenters. The Morgan fingerprint density at radius 2 is 2.47 bits per heavy atom. The third-order valence-corrected chi connectivity index (χ3v) is 4.18. The van der Waals surface area contributed by atoms with E-state index in [1.165, 1.54) is 11.3 Å². The zero-order chi connectivity index (χ0) is 10.7. The third kappa shape index (κ3) is 2.46. The summed E-state index contributed by atoms with van der Waals surface area (Å²) in [7, 11) is 0. The number of nitrogens with zero attached hydrogens (tertiary/aromatic N) is 2. The summed E-state index contributed by atoms with van der Waals surface area (Å²) in [5.74, 6) is 0.205. The number of aromatic nitrogens is 2. The van der Waals surface area contributed by atoms with Gasteiger partial charge in [-0.05, 0) is 30.4 Å². The van der Waals surface area contributed by atoms with Gasteiger partial charge in [0.05, 0.1) is 0 Å². The summed E-state index contributed by atoms with van der Waals surface area (Å²) >= 11 is 0.183. The van der Waals surface area contributed by atoms with E-state index in [0.717, 1.165) is 10.3 Å². The van der Waals surface area contributed by atoms with Crippen molar-refractivity contribution in [2.75, 3.05) is 12.5 Å². The molecule has 0 fully saturated rings. The van der Waals surface area contributed by atoms with Gasteiger partial charge >= 0.3 is 4.34 Å². The summed E-state index contributed by atoms with van der Waals surface area (Å²) in [5.41, 5.74) is 0.794. The van der Waals surface area contributed by atoms with Crippen molar-refractivity contribution < 1.29 is 9.29 Å². The first-order valence-corrected chi connectivity index (χ1v) is 6.62. The minimum absolute atomic E-state index is 0.205. The van der Waals surface area contributed by atoms with Crippen LogP contribution in [0.2, 0.25) is 0 Å². The quantitative estimate of drug-likeness (QED) is 0.767. The number of fused-ring (bicyclic) bond motifs is 1. The van der Waals surface area contributed by atoms with Crippen molar-refractivity contribution in [3.05, 3.63) is 18.3 Å². The third-order valence-electron chi connectivity index (χ3n) is 1.74. The molecule has 6 heteroatoms. The van der Waals surface area contributed by atoms with E-state index in [1.807, 2.05) is 19.1 Å². The van der Waals surface area contributed by atoms with Crippen LogP contribution in [-0.4, -0.2) is 27.1 Å². The number of pyridine rings is 1. The lowest BCUT2D eigenvalue weighted by molar-refractivity contribution is 0.192. The van der Waals surface area contributed by atoms with E-state index < -0.39 is 11.2 Å². The van der Waals surface area contributed by atoms with Crippen LogP contribution in [-0.2, 0) is 15.9 Å². The molecule has 15 heavy (non-hydrogen) atoms. The van der Waals surface area contributed by atoms with Crippen LogP contribution in [0.3, 0.4) is 0 Å². The maximum Gasteiger partial charge on any atom is 0.306 e. The van der Waals surface area contributed by atoms with Gasteiger partial charge in [0.2, 0.25) is 5.94 Å². The molecule has 4 nitrogen and oxygen atoms in total. The lowest BCUT2D eigenvalue weighted by Crippen LogP contribution is -2.09. The number of rotatable bonds is 4. The summed E-state index contributed by atoms with van der Waals surface area (Å²) in [6, 6.07) is 3.68. The Kier molecular flexibility index (Phi) is 3.53. The summed E-state index contributed by atoms with van der Waals surface area (Å²) < 4.78 is 17.4. The largest absolute Gasteiger partial charge is 0.608 e. The fourth-order valence-electron chi connectivity index (χ4n) is 1.06. The first-order valence-electron chi connectivity index (χ1n) is 4.49. The summed E-state index contributed by atoms with van der Waals surface area (Å²) in [4.78, 5) is 9.20. The minimum atomic E-state index is -1.17. The predicted octanol–water partition coefficient (Wildman–Crippen LogP) is 1.79. The highest BCUT2D eigenvalue weighted by Gasteiger charge is 2.17. The van der Waals surface area contributed by atoms with Crippen molar-refractivity contribution in [1.29, 1.82) is 0 Å². The second kappa shape index (κ2) is 4.89. The lowest BCUT2D eigenvalue weighted by Gasteiger charge is -2.04. The zero-order valence-electron chi connectivity index (χ0n) is 8.17. The molecule has 0 aliphatic heterocycles. The van der Waals surface area contributed by atoms with Crippen molar-refractivity contribution in [2.24, 2.45) is 0 Å². The van der Waals surface area contributed by atoms with Crippen molar-refractivity contribution in [2.45, 2.75) is 11.3 Å². The highest BCUT2D eigenvalue weighted by Crippen LogP contribution is 2.23. The monoisotopic (exact) mass is 242 g/mol. The van der Waals surface area contributed by atoms with Crippen LogP contribution < -0.4 is 0 Å². The van der Waals surface area contributed by atoms with Gasteiger partial charge in [-0.3, -0.25) is 0 Å². The van der Waals surface area contributed by atoms with E-state index in [4.69, 9.17) is 4.74 Å². The molecule has 0 radical (unpaired) electrons. The van der Waals surface area contributed by atoms with Gasteiger partial charge in [0.1, 0.15) is 10.3 Å². The van der Waals surface area contributed by atoms with Gasteiger partial charge < -0.3 is 9.29 Å². The zero-order valence-corrected chi connectivity index (χ0v) is 9.81. The summed E-state index contributed by atoms with van der Waals surface area (Å²) in [6.07, 6.45) is 1.70. The Balaban J connectivity index is 2.20. The molecule has 0 saturated carbocycles. The molecular weight excluding hydrogens is 232 g/mol. The van der Waals surface area contributed by atoms with Crippen molar-refractivity contribution in [3.63, 3.8) is 0 Å². The Labute approximate surface area is 94.5 Å². The van der Waals surface area contributed by atoms with Crippen LogP contribution in [0.5, 0.6) is 0 Å². The van der Waals surface area contributed by atoms with Gasteiger partial charge in [0.15, 0.2) is 0 Å². The van der Waals surface area contributed by atoms with Gasteiger partial charge in [-0.15, -0.1) is 0 Å². The molecule has 2 aromatic heterocycles. The van der Waals surface area contributed by atoms with E-state index in [1.54, 1.807) is 6.20 Å². The first kappa shape index (κ1) is 10.8. The topological polar surface area (TPSA) is 58.1 Å². The highest BCUT2D eigenvalue weighted by atomic mass is 32.2. The maximum absolute atomic E-state index is 11.7. The molecule has 0 saturated heterocycles. The SMILES string of the molecule is CCOC[S+]([O-])c1nc2cccnc2s1. The van der Waals surface area contributed by atoms with Crippen LogP contribution in [0, 0.1) is 0 Å². The molecule has 80 valence electrons. The van der Waals surface area contributed by atoms with Gasteiger partial charge in [0, 0.05) is 24.0 Å². The van der Waals surface area contributed by atoms with Crippen molar-refractivity contribution >= 4 is 32.9 Å². The molecule has 0 aromatic carbocycles. The molecule has 1 unspecified atom stereocenters. The summed E-state index contributed by atoms with van der Waals surface area (Å²) in [5, 5.41) is 0. The Morgan fingerprint density at radius 3 is 3.20 bits per heavy atom. The fraction of sp³-hybridized carbons (Fsp3) is 0.333. The number of thiazole rings is 1. The van der Waals surface area contributed by atoms with Crippen molar-refractivity contribution in [3.8, 4) is 0 Å². The van der Waals surface area contributed by atoms with E-state index in [0.29, 0.717) is 10.9 Å². The second-order valence-electron chi connectivity index (χ2n) is 2.76. The van der Waals surface area contributed by atoms with Crippen LogP contribution in [0.15, 0.2) is 22.7 Å². The van der Waals surface area contributed by atoms with E-state index in [2.05, 4.69) is 9.97 Å². The van der Waals surface area contributed by atoms with E-state index >= 15 is 0 Å². The average Bonchev–Trinajstić information content (AvgIpc) is 2.69. The van der Waals surface area contributed by atoms with E-state index in [9.17, 15) is 4.55 Å². The van der Waals surface area contributed by atoms with Crippen LogP contribution in [0.1, 0.15) is 6.92 Å². The average molecular weight is 242 g/mol. The van der Waals surface area contributed by atoms with Crippen LogP contribution in [0.25, 0.3) is 10.3 Å².